The van der Waals surface area contributed by atoms with Gasteiger partial charge in [0.05, 0.1) is 0 Å². The molecule has 9 rings (SSSR count). The van der Waals surface area contributed by atoms with Crippen molar-refractivity contribution in [1.82, 2.24) is 0 Å². The van der Waals surface area contributed by atoms with E-state index in [-0.39, 0.29) is 36.4 Å². The minimum Gasteiger partial charge on any atom is -0.475 e. The van der Waals surface area contributed by atoms with Crippen LogP contribution in [0, 0.1) is 5.41 Å². The second-order valence-electron chi connectivity index (χ2n) is 11.9. The van der Waals surface area contributed by atoms with E-state index in [2.05, 4.69) is 79.7 Å². The molecule has 3 aliphatic carbocycles. The molecule has 0 aromatic heterocycles. The van der Waals surface area contributed by atoms with E-state index in [0.717, 1.165) is 25.2 Å². The van der Waals surface area contributed by atoms with Gasteiger partial charge in [-0.3, -0.25) is 0 Å². The molecule has 6 nitrogen and oxygen atoms in total. The van der Waals surface area contributed by atoms with Crippen molar-refractivity contribution in [3.05, 3.63) is 106 Å². The van der Waals surface area contributed by atoms with E-state index in [0.29, 0.717) is 18.2 Å². The van der Waals surface area contributed by atoms with Crippen LogP contribution in [0.3, 0.4) is 0 Å². The molecule has 6 aliphatic rings. The van der Waals surface area contributed by atoms with Crippen LogP contribution in [0.4, 0.5) is 0 Å². The first-order valence-corrected chi connectivity index (χ1v) is 14.1. The molecule has 0 N–H and O–H groups in total. The molecule has 39 heavy (non-hydrogen) atoms. The fraction of sp³-hybridized carbons (Fsp3) is 0.364. The Hall–Kier alpha value is -3.93. The van der Waals surface area contributed by atoms with Crippen LogP contribution < -0.4 is 0 Å². The molecule has 6 heteroatoms. The number of aliphatic imine (C=N–C) groups is 3. The van der Waals surface area contributed by atoms with Gasteiger partial charge in [0.2, 0.25) is 11.8 Å². The fourth-order valence-corrected chi connectivity index (χ4v) is 7.53. The normalized spacial score (nSPS) is 30.5. The van der Waals surface area contributed by atoms with E-state index in [4.69, 9.17) is 29.2 Å². The third kappa shape index (κ3) is 3.11. The molecule has 0 radical (unpaired) electrons. The van der Waals surface area contributed by atoms with Crippen LogP contribution in [-0.4, -0.2) is 36.0 Å². The summed E-state index contributed by atoms with van der Waals surface area (Å²) in [4.78, 5) is 15.5. The van der Waals surface area contributed by atoms with Crippen molar-refractivity contribution in [2.45, 2.75) is 69.0 Å². The van der Waals surface area contributed by atoms with Gasteiger partial charge in [-0.2, -0.15) is 0 Å². The molecular formula is C33H29N3O3. The predicted octanol–water partition coefficient (Wildman–Crippen LogP) is 5.67. The lowest BCUT2D eigenvalue weighted by Gasteiger charge is -2.29. The topological polar surface area (TPSA) is 64.8 Å². The van der Waals surface area contributed by atoms with Crippen LogP contribution >= 0.6 is 0 Å². The zero-order valence-electron chi connectivity index (χ0n) is 21.8. The summed E-state index contributed by atoms with van der Waals surface area (Å²) in [7, 11) is 0. The summed E-state index contributed by atoms with van der Waals surface area (Å²) in [5.41, 5.74) is 7.10. The maximum atomic E-state index is 6.68. The van der Waals surface area contributed by atoms with E-state index in [1.54, 1.807) is 0 Å². The standard InChI is InChI=1S/C33H29N3O3/c1-33(31-35-29-22-12-6-3-9-19(22)15-25(29)38-31,32-36-30-23-13-7-4-10-20(23)16-26(30)39-32)17-27-34-28-21-11-5-2-8-18(21)14-24(28)37-27/h2-13,24-26,28-30H,14-17H2,1H3/t24-,25-,26-,28?,29+,30+/m0/s1. The molecule has 1 unspecified atom stereocenters. The van der Waals surface area contributed by atoms with Crippen molar-refractivity contribution >= 4 is 17.7 Å². The Morgan fingerprint density at radius 3 is 1.49 bits per heavy atom. The summed E-state index contributed by atoms with van der Waals surface area (Å²) in [6.07, 6.45) is 3.22. The molecule has 3 aliphatic heterocycles. The van der Waals surface area contributed by atoms with Crippen molar-refractivity contribution in [1.29, 1.82) is 0 Å². The number of rotatable bonds is 4. The Morgan fingerprint density at radius 1 is 0.590 bits per heavy atom. The van der Waals surface area contributed by atoms with Crippen LogP contribution in [0.5, 0.6) is 0 Å². The summed E-state index contributed by atoms with van der Waals surface area (Å²) < 4.78 is 19.9. The Morgan fingerprint density at radius 2 is 1.00 bits per heavy atom. The largest absolute Gasteiger partial charge is 0.475 e. The average Bonchev–Trinajstić information content (AvgIpc) is 3.76. The summed E-state index contributed by atoms with van der Waals surface area (Å²) in [6, 6.07) is 25.7. The van der Waals surface area contributed by atoms with Gasteiger partial charge in [-0.1, -0.05) is 72.8 Å². The highest BCUT2D eigenvalue weighted by Crippen LogP contribution is 2.49. The van der Waals surface area contributed by atoms with Gasteiger partial charge in [-0.05, 0) is 40.3 Å². The van der Waals surface area contributed by atoms with Crippen LogP contribution in [0.2, 0.25) is 0 Å². The lowest BCUT2D eigenvalue weighted by atomic mass is 9.85. The van der Waals surface area contributed by atoms with Gasteiger partial charge in [0, 0.05) is 25.7 Å². The van der Waals surface area contributed by atoms with Crippen LogP contribution in [0.25, 0.3) is 0 Å². The van der Waals surface area contributed by atoms with E-state index in [9.17, 15) is 0 Å². The van der Waals surface area contributed by atoms with Crippen LogP contribution in [-0.2, 0) is 33.5 Å². The molecule has 0 amide bonds. The molecule has 6 atom stereocenters. The molecule has 0 spiro atoms. The van der Waals surface area contributed by atoms with E-state index >= 15 is 0 Å². The SMILES string of the molecule is CC(CC1=NC2c3ccccc3C[C@@H]2O1)(C1=N[C@@H]2c3ccccc3C[C@@H]2O1)C1=N[C@@H]2c3ccccc3C[C@@H]2O1. The van der Waals surface area contributed by atoms with Crippen LogP contribution in [0.1, 0.15) is 64.9 Å². The lowest BCUT2D eigenvalue weighted by molar-refractivity contribution is 0.162. The van der Waals surface area contributed by atoms with Crippen LogP contribution in [0.15, 0.2) is 87.8 Å². The minimum absolute atomic E-state index is 0.00967. The molecule has 3 aromatic rings. The summed E-state index contributed by atoms with van der Waals surface area (Å²) in [6.45, 7) is 2.15. The molecule has 0 saturated heterocycles. The van der Waals surface area contributed by atoms with E-state index in [1.807, 2.05) is 0 Å². The minimum atomic E-state index is -0.699. The van der Waals surface area contributed by atoms with Crippen molar-refractivity contribution < 1.29 is 14.2 Å². The zero-order valence-corrected chi connectivity index (χ0v) is 21.8. The quantitative estimate of drug-likeness (QED) is 0.450. The van der Waals surface area contributed by atoms with Crippen molar-refractivity contribution in [2.24, 2.45) is 20.4 Å². The third-order valence-electron chi connectivity index (χ3n) is 9.50. The van der Waals surface area contributed by atoms with E-state index < -0.39 is 5.41 Å². The highest BCUT2D eigenvalue weighted by atomic mass is 16.5. The highest BCUT2D eigenvalue weighted by Gasteiger charge is 2.54. The Bertz CT molecular complexity index is 1550. The van der Waals surface area contributed by atoms with E-state index in [1.165, 1.54) is 33.4 Å². The number of nitrogens with zero attached hydrogens (tertiary/aromatic N) is 3. The maximum absolute atomic E-state index is 6.68. The first-order valence-electron chi connectivity index (χ1n) is 14.1. The zero-order chi connectivity index (χ0) is 25.7. The second kappa shape index (κ2) is 7.81. The van der Waals surface area contributed by atoms with Gasteiger partial charge in [-0.25, -0.2) is 15.0 Å². The number of hydrogen-bond donors (Lipinski definition) is 0. The van der Waals surface area contributed by atoms with Gasteiger partial charge in [0.15, 0.2) is 5.90 Å². The molecule has 0 saturated carbocycles. The summed E-state index contributed by atoms with van der Waals surface area (Å²) in [5.74, 6) is 2.14. The third-order valence-corrected chi connectivity index (χ3v) is 9.50. The Labute approximate surface area is 227 Å². The lowest BCUT2D eigenvalue weighted by Crippen LogP contribution is -2.41. The first-order chi connectivity index (χ1) is 19.1. The second-order valence-corrected chi connectivity index (χ2v) is 11.9. The maximum Gasteiger partial charge on any atom is 0.200 e. The predicted molar refractivity (Wildman–Crippen MR) is 148 cm³/mol. The number of fused-ring (bicyclic) bond motifs is 9. The highest BCUT2D eigenvalue weighted by molar-refractivity contribution is 6.09. The Balaban J connectivity index is 1.10. The van der Waals surface area contributed by atoms with Gasteiger partial charge in [0.1, 0.15) is 41.9 Å². The van der Waals surface area contributed by atoms with Gasteiger partial charge in [-0.15, -0.1) is 0 Å². The van der Waals surface area contributed by atoms with Gasteiger partial charge in [0.25, 0.3) is 0 Å². The summed E-state index contributed by atoms with van der Waals surface area (Å²) in [5, 5.41) is 0. The smallest absolute Gasteiger partial charge is 0.200 e. The number of ether oxygens (including phenoxy) is 3. The first kappa shape index (κ1) is 21.9. The van der Waals surface area contributed by atoms with Crippen molar-refractivity contribution in [2.75, 3.05) is 0 Å². The van der Waals surface area contributed by atoms with Gasteiger partial charge < -0.3 is 14.2 Å². The van der Waals surface area contributed by atoms with Crippen molar-refractivity contribution in [3.8, 4) is 0 Å². The molecule has 3 heterocycles. The molecule has 194 valence electrons. The average molecular weight is 516 g/mol. The van der Waals surface area contributed by atoms with Gasteiger partial charge >= 0.3 is 0 Å². The Kier molecular flexibility index (Phi) is 4.39. The molecular weight excluding hydrogens is 486 g/mol. The molecule has 0 bridgehead atoms. The number of hydrogen-bond acceptors (Lipinski definition) is 6. The van der Waals surface area contributed by atoms with Crippen molar-refractivity contribution in [3.63, 3.8) is 0 Å². The molecule has 3 aromatic carbocycles. The molecule has 0 fully saturated rings. The summed E-state index contributed by atoms with van der Waals surface area (Å²) >= 11 is 0. The number of benzene rings is 3. The fourth-order valence-electron chi connectivity index (χ4n) is 7.53. The monoisotopic (exact) mass is 515 g/mol.